The molecule has 2 aliphatic heterocycles. The molecule has 3 aromatic rings. The largest absolute Gasteiger partial charge is 0.426 e. The van der Waals surface area contributed by atoms with Gasteiger partial charge in [-0.1, -0.05) is 48.5 Å². The third-order valence-corrected chi connectivity index (χ3v) is 8.45. The zero-order valence-corrected chi connectivity index (χ0v) is 21.7. The fourth-order valence-electron chi connectivity index (χ4n) is 4.52. The zero-order valence-electron chi connectivity index (χ0n) is 20.9. The van der Waals surface area contributed by atoms with Gasteiger partial charge in [0.1, 0.15) is 5.75 Å². The summed E-state index contributed by atoms with van der Waals surface area (Å²) in [7, 11) is -3.67. The Morgan fingerprint density at radius 1 is 0.974 bits per heavy atom. The lowest BCUT2D eigenvalue weighted by Crippen LogP contribution is -2.43. The number of carbonyl (C=O) groups excluding carboxylic acids is 2. The molecule has 9 heteroatoms. The van der Waals surface area contributed by atoms with Gasteiger partial charge in [0.2, 0.25) is 10.0 Å². The van der Waals surface area contributed by atoms with E-state index in [2.05, 4.69) is 5.10 Å². The van der Waals surface area contributed by atoms with Crippen LogP contribution in [0.1, 0.15) is 25.3 Å². The Hall–Kier alpha value is -4.08. The monoisotopic (exact) mass is 529 g/mol. The summed E-state index contributed by atoms with van der Waals surface area (Å²) in [5.41, 5.74) is 2.55. The molecule has 3 aromatic carbocycles. The predicted octanol–water partition coefficient (Wildman–Crippen LogP) is 4.50. The van der Waals surface area contributed by atoms with Crippen molar-refractivity contribution in [1.29, 1.82) is 0 Å². The van der Waals surface area contributed by atoms with Crippen molar-refractivity contribution in [3.63, 3.8) is 0 Å². The van der Waals surface area contributed by atoms with Gasteiger partial charge < -0.3 is 4.74 Å². The number of hydrogen-bond acceptors (Lipinski definition) is 6. The summed E-state index contributed by atoms with van der Waals surface area (Å²) >= 11 is 0. The molecular formula is C29H27N3O5S. The average Bonchev–Trinajstić information content (AvgIpc) is 3.23. The Morgan fingerprint density at radius 2 is 1.63 bits per heavy atom. The Bertz CT molecular complexity index is 1500. The summed E-state index contributed by atoms with van der Waals surface area (Å²) in [5.74, 6) is -0.870. The number of hydrazone groups is 1. The van der Waals surface area contributed by atoms with Gasteiger partial charge in [0.25, 0.3) is 5.91 Å². The number of piperidine rings is 1. The van der Waals surface area contributed by atoms with Crippen molar-refractivity contribution in [1.82, 2.24) is 4.31 Å². The van der Waals surface area contributed by atoms with Crippen LogP contribution in [0.5, 0.6) is 5.75 Å². The summed E-state index contributed by atoms with van der Waals surface area (Å²) in [5, 5.41) is 5.76. The van der Waals surface area contributed by atoms with E-state index in [1.54, 1.807) is 67.6 Å². The number of carbonyl (C=O) groups is 2. The number of anilines is 1. The minimum absolute atomic E-state index is 0.0822. The van der Waals surface area contributed by atoms with Gasteiger partial charge in [-0.25, -0.2) is 8.42 Å². The quantitative estimate of drug-likeness (QED) is 0.266. The topological polar surface area (TPSA) is 96.3 Å². The first-order valence-electron chi connectivity index (χ1n) is 12.4. The molecule has 0 saturated carbocycles. The average molecular weight is 530 g/mol. The number of ether oxygens (including phenoxy) is 1. The number of sulfonamides is 1. The van der Waals surface area contributed by atoms with Crippen LogP contribution >= 0.6 is 0 Å². The molecular weight excluding hydrogens is 502 g/mol. The molecule has 1 atom stereocenters. The van der Waals surface area contributed by atoms with Crippen molar-refractivity contribution in [3.05, 3.63) is 96.1 Å². The molecule has 2 heterocycles. The van der Waals surface area contributed by atoms with Crippen LogP contribution in [0.15, 0.2) is 100 Å². The fourth-order valence-corrected chi connectivity index (χ4v) is 6.07. The molecule has 0 radical (unpaired) electrons. The smallest absolute Gasteiger partial charge is 0.315 e. The molecule has 1 amide bonds. The maximum Gasteiger partial charge on any atom is 0.315 e. The second-order valence-electron chi connectivity index (χ2n) is 9.20. The summed E-state index contributed by atoms with van der Waals surface area (Å²) in [4.78, 5) is 26.0. The molecule has 0 aliphatic carbocycles. The van der Waals surface area contributed by atoms with E-state index in [0.717, 1.165) is 5.56 Å². The summed E-state index contributed by atoms with van der Waals surface area (Å²) < 4.78 is 32.9. The molecule has 5 rings (SSSR count). The number of hydrogen-bond donors (Lipinski definition) is 0. The van der Waals surface area contributed by atoms with Crippen LogP contribution < -0.4 is 9.75 Å². The highest BCUT2D eigenvalue weighted by Crippen LogP contribution is 2.27. The van der Waals surface area contributed by atoms with Crippen molar-refractivity contribution in [3.8, 4) is 5.75 Å². The molecule has 0 bridgehead atoms. The van der Waals surface area contributed by atoms with Gasteiger partial charge in [0.15, 0.2) is 0 Å². The highest BCUT2D eigenvalue weighted by Gasteiger charge is 2.34. The first-order chi connectivity index (χ1) is 18.3. The molecule has 8 nitrogen and oxygen atoms in total. The highest BCUT2D eigenvalue weighted by atomic mass is 32.2. The third-order valence-electron chi connectivity index (χ3n) is 6.57. The number of nitrogens with zero attached hydrogens (tertiary/aromatic N) is 3. The normalized spacial score (nSPS) is 19.4. The number of rotatable bonds is 6. The second kappa shape index (κ2) is 10.7. The van der Waals surface area contributed by atoms with Gasteiger partial charge in [0, 0.05) is 13.1 Å². The van der Waals surface area contributed by atoms with Crippen LogP contribution in [-0.4, -0.2) is 43.4 Å². The van der Waals surface area contributed by atoms with E-state index in [4.69, 9.17) is 4.74 Å². The van der Waals surface area contributed by atoms with Crippen molar-refractivity contribution >= 4 is 39.4 Å². The van der Waals surface area contributed by atoms with Crippen molar-refractivity contribution in [2.75, 3.05) is 18.1 Å². The van der Waals surface area contributed by atoms with E-state index < -0.39 is 21.9 Å². The van der Waals surface area contributed by atoms with E-state index >= 15 is 0 Å². The van der Waals surface area contributed by atoms with Crippen LogP contribution in [-0.2, 0) is 19.6 Å². The first kappa shape index (κ1) is 25.6. The molecule has 0 aromatic heterocycles. The zero-order chi connectivity index (χ0) is 26.7. The molecule has 1 saturated heterocycles. The van der Waals surface area contributed by atoms with Crippen LogP contribution in [0.4, 0.5) is 5.69 Å². The number of benzene rings is 3. The standard InChI is InChI=1S/C29H27N3O5S/c1-21-27(28(33)32(30-21)24-10-4-2-5-11-24)19-22-14-16-25(17-15-22)37-29(34)23-9-8-18-31(20-23)38(35,36)26-12-6-3-7-13-26/h2-7,10-17,19,23H,8-9,18,20H2,1H3/b27-19-. The fraction of sp³-hybridized carbons (Fsp3) is 0.207. The van der Waals surface area contributed by atoms with Crippen LogP contribution in [0.2, 0.25) is 0 Å². The number of amides is 1. The van der Waals surface area contributed by atoms with Crippen LogP contribution in [0.3, 0.4) is 0 Å². The molecule has 38 heavy (non-hydrogen) atoms. The Labute approximate surface area is 221 Å². The summed E-state index contributed by atoms with van der Waals surface area (Å²) in [6.45, 7) is 2.24. The highest BCUT2D eigenvalue weighted by molar-refractivity contribution is 7.89. The van der Waals surface area contributed by atoms with Gasteiger partial charge >= 0.3 is 5.97 Å². The van der Waals surface area contributed by atoms with E-state index in [1.165, 1.54) is 9.31 Å². The molecule has 1 fully saturated rings. The molecule has 194 valence electrons. The number of esters is 1. The van der Waals surface area contributed by atoms with Gasteiger partial charge in [-0.2, -0.15) is 14.4 Å². The van der Waals surface area contributed by atoms with E-state index in [0.29, 0.717) is 42.1 Å². The maximum atomic E-state index is 13.0. The number of para-hydroxylation sites is 1. The molecule has 2 aliphatic rings. The maximum absolute atomic E-state index is 13.0. The van der Waals surface area contributed by atoms with Gasteiger partial charge in [-0.05, 0) is 67.8 Å². The minimum atomic E-state index is -3.67. The molecule has 0 N–H and O–H groups in total. The Morgan fingerprint density at radius 3 is 2.32 bits per heavy atom. The molecule has 1 unspecified atom stereocenters. The SMILES string of the molecule is CC1=NN(c2ccccc2)C(=O)/C1=C\c1ccc(OC(=O)C2CCCN(S(=O)(=O)c3ccccc3)C2)cc1. The second-order valence-corrected chi connectivity index (χ2v) is 11.1. The molecule has 0 spiro atoms. The lowest BCUT2D eigenvalue weighted by molar-refractivity contribution is -0.140. The van der Waals surface area contributed by atoms with Crippen LogP contribution in [0, 0.1) is 5.92 Å². The van der Waals surface area contributed by atoms with Crippen molar-refractivity contribution in [2.24, 2.45) is 11.0 Å². The Kier molecular flexibility index (Phi) is 7.22. The lowest BCUT2D eigenvalue weighted by atomic mass is 10.00. The van der Waals surface area contributed by atoms with Crippen LogP contribution in [0.25, 0.3) is 6.08 Å². The van der Waals surface area contributed by atoms with Gasteiger partial charge in [-0.15, -0.1) is 0 Å². The lowest BCUT2D eigenvalue weighted by Gasteiger charge is -2.30. The van der Waals surface area contributed by atoms with Crippen molar-refractivity contribution in [2.45, 2.75) is 24.7 Å². The van der Waals surface area contributed by atoms with E-state index in [-0.39, 0.29) is 17.3 Å². The van der Waals surface area contributed by atoms with Gasteiger partial charge in [-0.3, -0.25) is 9.59 Å². The van der Waals surface area contributed by atoms with E-state index in [9.17, 15) is 18.0 Å². The van der Waals surface area contributed by atoms with E-state index in [1.807, 2.05) is 30.3 Å². The summed E-state index contributed by atoms with van der Waals surface area (Å²) in [6.07, 6.45) is 2.89. The summed E-state index contributed by atoms with van der Waals surface area (Å²) in [6, 6.07) is 24.3. The third kappa shape index (κ3) is 5.29. The van der Waals surface area contributed by atoms with Crippen molar-refractivity contribution < 1.29 is 22.7 Å². The predicted molar refractivity (Wildman–Crippen MR) is 145 cm³/mol. The van der Waals surface area contributed by atoms with Gasteiger partial charge in [0.05, 0.1) is 27.8 Å². The first-order valence-corrected chi connectivity index (χ1v) is 13.8. The minimum Gasteiger partial charge on any atom is -0.426 e. The Balaban J connectivity index is 1.23.